The first-order valence-electron chi connectivity index (χ1n) is 3.41. The lowest BCUT2D eigenvalue weighted by atomic mass is 10.3. The topological polar surface area (TPSA) is 41.6 Å². The molecule has 0 saturated carbocycles. The number of nitrogens with zero attached hydrogens (tertiary/aromatic N) is 3. The molecular weight excluding hydrogens is 158 g/mol. The molecule has 2 heterocycles. The molecule has 1 aliphatic heterocycles. The summed E-state index contributed by atoms with van der Waals surface area (Å²) < 4.78 is 1.95. The molecule has 0 N–H and O–H groups in total. The summed E-state index contributed by atoms with van der Waals surface area (Å²) >= 11 is 1.90. The number of aromatic nitrogens is 2. The molecule has 3 nitrogen and oxygen atoms in total. The van der Waals surface area contributed by atoms with Gasteiger partial charge in [-0.25, -0.2) is 4.98 Å². The minimum atomic E-state index is 0.511. The Labute approximate surface area is 69.0 Å². The normalized spacial score (nSPS) is 17.4. The number of hydrogen-bond donors (Lipinski definition) is 0. The highest BCUT2D eigenvalue weighted by molar-refractivity contribution is 8.00. The van der Waals surface area contributed by atoms with Crippen LogP contribution in [-0.2, 0) is 0 Å². The predicted molar refractivity (Wildman–Crippen MR) is 43.3 cm³/mol. The molecular formula is C7H7N3S. The monoisotopic (exact) mass is 165 g/mol. The number of nitriles is 1. The van der Waals surface area contributed by atoms with Gasteiger partial charge in [0, 0.05) is 11.5 Å². The minimum absolute atomic E-state index is 0.511. The van der Waals surface area contributed by atoms with Gasteiger partial charge < -0.3 is 4.57 Å². The van der Waals surface area contributed by atoms with E-state index in [2.05, 4.69) is 11.1 Å². The summed E-state index contributed by atoms with van der Waals surface area (Å²) in [5, 5.41) is 8.66. The van der Waals surface area contributed by atoms with Gasteiger partial charge in [0.1, 0.15) is 11.8 Å². The molecule has 0 aromatic carbocycles. The molecule has 11 heavy (non-hydrogen) atoms. The van der Waals surface area contributed by atoms with Gasteiger partial charge in [-0.3, -0.25) is 0 Å². The average molecular weight is 165 g/mol. The van der Waals surface area contributed by atoms with Gasteiger partial charge in [0.25, 0.3) is 0 Å². The van der Waals surface area contributed by atoms with Crippen LogP contribution in [0.4, 0.5) is 0 Å². The van der Waals surface area contributed by atoms with Crippen molar-refractivity contribution >= 4 is 11.8 Å². The molecule has 4 heteroatoms. The lowest BCUT2D eigenvalue weighted by Gasteiger charge is -2.26. The Morgan fingerprint density at radius 3 is 3.09 bits per heavy atom. The summed E-state index contributed by atoms with van der Waals surface area (Å²) in [5.41, 5.74) is 0.676. The fraction of sp³-hybridized carbons (Fsp3) is 0.429. The van der Waals surface area contributed by atoms with E-state index in [0.29, 0.717) is 11.7 Å². The highest BCUT2D eigenvalue weighted by atomic mass is 32.2. The van der Waals surface area contributed by atoms with Crippen molar-refractivity contribution in [2.24, 2.45) is 0 Å². The van der Waals surface area contributed by atoms with E-state index in [1.807, 2.05) is 16.3 Å². The van der Waals surface area contributed by atoms with Gasteiger partial charge in [0.2, 0.25) is 0 Å². The third-order valence-electron chi connectivity index (χ3n) is 1.79. The molecule has 0 bridgehead atoms. The maximum Gasteiger partial charge on any atom is 0.140 e. The van der Waals surface area contributed by atoms with Crippen LogP contribution in [0.1, 0.15) is 11.7 Å². The van der Waals surface area contributed by atoms with Crippen molar-refractivity contribution in [3.8, 4) is 6.07 Å². The summed E-state index contributed by atoms with van der Waals surface area (Å²) in [7, 11) is 0. The Bertz CT molecular complexity index is 295. The Morgan fingerprint density at radius 2 is 2.55 bits per heavy atom. The Hall–Kier alpha value is -0.950. The smallest absolute Gasteiger partial charge is 0.140 e. The van der Waals surface area contributed by atoms with Gasteiger partial charge in [0.15, 0.2) is 0 Å². The van der Waals surface area contributed by atoms with Crippen LogP contribution >= 0.6 is 11.8 Å². The lowest BCUT2D eigenvalue weighted by molar-refractivity contribution is 0.586. The molecule has 1 fully saturated rings. The van der Waals surface area contributed by atoms with Crippen LogP contribution < -0.4 is 0 Å². The standard InChI is InChI=1S/C7H7N3S/c8-1-6-2-9-5-10(6)7-3-11-4-7/h2,5,7H,3-4H2. The number of rotatable bonds is 1. The van der Waals surface area contributed by atoms with Crippen molar-refractivity contribution in [1.29, 1.82) is 5.26 Å². The van der Waals surface area contributed by atoms with Gasteiger partial charge in [0.05, 0.1) is 18.6 Å². The second-order valence-corrected chi connectivity index (χ2v) is 3.56. The second-order valence-electron chi connectivity index (χ2n) is 2.49. The van der Waals surface area contributed by atoms with E-state index in [9.17, 15) is 0 Å². The Morgan fingerprint density at radius 1 is 1.73 bits per heavy atom. The summed E-state index contributed by atoms with van der Waals surface area (Å²) in [5.74, 6) is 2.23. The van der Waals surface area contributed by atoms with Crippen molar-refractivity contribution < 1.29 is 0 Å². The van der Waals surface area contributed by atoms with Crippen molar-refractivity contribution in [3.63, 3.8) is 0 Å². The van der Waals surface area contributed by atoms with Crippen LogP contribution in [0.3, 0.4) is 0 Å². The fourth-order valence-electron chi connectivity index (χ4n) is 1.07. The third-order valence-corrected chi connectivity index (χ3v) is 3.04. The fourth-order valence-corrected chi connectivity index (χ4v) is 1.83. The lowest BCUT2D eigenvalue weighted by Crippen LogP contribution is -2.23. The zero-order chi connectivity index (χ0) is 7.68. The van der Waals surface area contributed by atoms with E-state index in [1.165, 1.54) is 0 Å². The van der Waals surface area contributed by atoms with E-state index >= 15 is 0 Å². The first-order chi connectivity index (χ1) is 5.42. The van der Waals surface area contributed by atoms with Crippen LogP contribution in [0.2, 0.25) is 0 Å². The van der Waals surface area contributed by atoms with Crippen LogP contribution in [0.15, 0.2) is 12.5 Å². The first kappa shape index (κ1) is 6.74. The second kappa shape index (κ2) is 2.59. The minimum Gasteiger partial charge on any atom is -0.318 e. The van der Waals surface area contributed by atoms with Crippen molar-refractivity contribution in [2.75, 3.05) is 11.5 Å². The number of hydrogen-bond acceptors (Lipinski definition) is 3. The SMILES string of the molecule is N#Cc1cncn1C1CSC1. The van der Waals surface area contributed by atoms with E-state index in [-0.39, 0.29) is 0 Å². The molecule has 2 rings (SSSR count). The van der Waals surface area contributed by atoms with Crippen LogP contribution in [0.25, 0.3) is 0 Å². The van der Waals surface area contributed by atoms with Crippen molar-refractivity contribution in [3.05, 3.63) is 18.2 Å². The molecule has 1 aromatic rings. The van der Waals surface area contributed by atoms with Crippen molar-refractivity contribution in [1.82, 2.24) is 9.55 Å². The Balaban J connectivity index is 2.29. The van der Waals surface area contributed by atoms with Gasteiger partial charge >= 0.3 is 0 Å². The zero-order valence-electron chi connectivity index (χ0n) is 5.90. The molecule has 1 saturated heterocycles. The highest BCUT2D eigenvalue weighted by Gasteiger charge is 2.21. The zero-order valence-corrected chi connectivity index (χ0v) is 6.71. The van der Waals surface area contributed by atoms with Crippen LogP contribution in [0.5, 0.6) is 0 Å². The molecule has 1 aliphatic rings. The molecule has 0 atom stereocenters. The Kier molecular flexibility index (Phi) is 1.59. The van der Waals surface area contributed by atoms with Crippen LogP contribution in [0, 0.1) is 11.3 Å². The van der Waals surface area contributed by atoms with Gasteiger partial charge in [-0.2, -0.15) is 17.0 Å². The summed E-state index contributed by atoms with van der Waals surface area (Å²) in [6.07, 6.45) is 3.35. The third kappa shape index (κ3) is 1.02. The molecule has 0 aliphatic carbocycles. The predicted octanol–water partition coefficient (Wildman–Crippen LogP) is 1.04. The van der Waals surface area contributed by atoms with Gasteiger partial charge in [-0.05, 0) is 0 Å². The average Bonchev–Trinajstić information content (AvgIpc) is 2.32. The van der Waals surface area contributed by atoms with Crippen molar-refractivity contribution in [2.45, 2.75) is 6.04 Å². The molecule has 0 radical (unpaired) electrons. The first-order valence-corrected chi connectivity index (χ1v) is 4.57. The summed E-state index contributed by atoms with van der Waals surface area (Å²) in [6, 6.07) is 2.63. The number of imidazole rings is 1. The van der Waals surface area contributed by atoms with E-state index in [1.54, 1.807) is 12.5 Å². The van der Waals surface area contributed by atoms with E-state index in [4.69, 9.17) is 5.26 Å². The number of thioether (sulfide) groups is 1. The van der Waals surface area contributed by atoms with Crippen LogP contribution in [-0.4, -0.2) is 21.1 Å². The molecule has 0 spiro atoms. The molecule has 56 valence electrons. The molecule has 0 amide bonds. The quantitative estimate of drug-likeness (QED) is 0.624. The summed E-state index contributed by atoms with van der Waals surface area (Å²) in [6.45, 7) is 0. The maximum absolute atomic E-state index is 8.66. The highest BCUT2D eigenvalue weighted by Crippen LogP contribution is 2.29. The maximum atomic E-state index is 8.66. The largest absolute Gasteiger partial charge is 0.318 e. The van der Waals surface area contributed by atoms with Gasteiger partial charge in [-0.15, -0.1) is 0 Å². The molecule has 1 aromatic heterocycles. The van der Waals surface area contributed by atoms with Gasteiger partial charge in [-0.1, -0.05) is 0 Å². The molecule has 0 unspecified atom stereocenters. The summed E-state index contributed by atoms with van der Waals surface area (Å²) in [4.78, 5) is 3.93. The van der Waals surface area contributed by atoms with E-state index in [0.717, 1.165) is 11.5 Å². The van der Waals surface area contributed by atoms with E-state index < -0.39 is 0 Å².